The van der Waals surface area contributed by atoms with Crippen LogP contribution in [-0.2, 0) is 20.6 Å². The molecule has 0 spiro atoms. The van der Waals surface area contributed by atoms with Crippen molar-refractivity contribution in [2.24, 2.45) is 0 Å². The summed E-state index contributed by atoms with van der Waals surface area (Å²) >= 11 is 1.59. The van der Waals surface area contributed by atoms with Crippen molar-refractivity contribution in [3.63, 3.8) is 0 Å². The van der Waals surface area contributed by atoms with Gasteiger partial charge in [0.05, 0.1) is 5.75 Å². The summed E-state index contributed by atoms with van der Waals surface area (Å²) < 4.78 is 26.2. The minimum atomic E-state index is -3.66. The fourth-order valence-corrected chi connectivity index (χ4v) is 3.69. The van der Waals surface area contributed by atoms with E-state index in [4.69, 9.17) is 5.11 Å². The maximum absolute atomic E-state index is 12.0. The number of carbonyl (C=O) groups is 1. The molecule has 0 aromatic heterocycles. The molecule has 0 radical (unpaired) electrons. The molecule has 2 N–H and O–H groups in total. The second kappa shape index (κ2) is 8.28. The number of carboxylic acids is 1. The second-order valence-corrected chi connectivity index (χ2v) is 7.39. The van der Waals surface area contributed by atoms with Gasteiger partial charge in [0.1, 0.15) is 6.04 Å². The first-order chi connectivity index (χ1) is 9.44. The van der Waals surface area contributed by atoms with Crippen LogP contribution < -0.4 is 4.72 Å². The van der Waals surface area contributed by atoms with Crippen LogP contribution in [0.25, 0.3) is 0 Å². The van der Waals surface area contributed by atoms with Gasteiger partial charge in [-0.1, -0.05) is 37.3 Å². The van der Waals surface area contributed by atoms with Crippen molar-refractivity contribution >= 4 is 27.8 Å². The van der Waals surface area contributed by atoms with E-state index in [1.54, 1.807) is 42.1 Å². The average molecular weight is 317 g/mol. The molecular formula is C13H19NO4S2. The highest BCUT2D eigenvalue weighted by Gasteiger charge is 2.23. The number of sulfonamides is 1. The Morgan fingerprint density at radius 1 is 1.35 bits per heavy atom. The van der Waals surface area contributed by atoms with Gasteiger partial charge in [-0.2, -0.15) is 11.8 Å². The Hall–Kier alpha value is -1.05. The lowest BCUT2D eigenvalue weighted by atomic mass is 10.2. The van der Waals surface area contributed by atoms with Crippen molar-refractivity contribution in [3.8, 4) is 0 Å². The number of thioether (sulfide) groups is 1. The molecule has 0 aliphatic heterocycles. The third kappa shape index (κ3) is 6.40. The Morgan fingerprint density at radius 3 is 2.55 bits per heavy atom. The van der Waals surface area contributed by atoms with E-state index in [0.29, 0.717) is 11.3 Å². The highest BCUT2D eigenvalue weighted by molar-refractivity contribution is 7.99. The molecule has 0 aliphatic carbocycles. The van der Waals surface area contributed by atoms with Crippen LogP contribution in [0.5, 0.6) is 0 Å². The predicted octanol–water partition coefficient (Wildman–Crippen LogP) is 1.70. The Kier molecular flexibility index (Phi) is 7.04. The first-order valence-corrected chi connectivity index (χ1v) is 9.10. The molecule has 1 rings (SSSR count). The smallest absolute Gasteiger partial charge is 0.321 e. The highest BCUT2D eigenvalue weighted by Crippen LogP contribution is 2.08. The third-order valence-corrected chi connectivity index (χ3v) is 4.86. The van der Waals surface area contributed by atoms with Gasteiger partial charge in [-0.05, 0) is 23.5 Å². The molecule has 0 saturated heterocycles. The molecule has 5 nitrogen and oxygen atoms in total. The number of aliphatic carboxylic acids is 1. The zero-order valence-corrected chi connectivity index (χ0v) is 12.9. The van der Waals surface area contributed by atoms with Crippen LogP contribution in [0.3, 0.4) is 0 Å². The summed E-state index contributed by atoms with van der Waals surface area (Å²) in [6, 6.07) is 7.62. The van der Waals surface area contributed by atoms with Crippen LogP contribution >= 0.6 is 11.8 Å². The van der Waals surface area contributed by atoms with Crippen molar-refractivity contribution in [1.29, 1.82) is 0 Å². The maximum atomic E-state index is 12.0. The summed E-state index contributed by atoms with van der Waals surface area (Å²) in [6.45, 7) is 1.97. The van der Waals surface area contributed by atoms with Gasteiger partial charge < -0.3 is 5.11 Å². The first kappa shape index (κ1) is 17.0. The van der Waals surface area contributed by atoms with Gasteiger partial charge in [0.25, 0.3) is 0 Å². The largest absolute Gasteiger partial charge is 0.480 e. The van der Waals surface area contributed by atoms with Crippen molar-refractivity contribution in [1.82, 2.24) is 4.72 Å². The molecule has 1 aromatic carbocycles. The van der Waals surface area contributed by atoms with Crippen molar-refractivity contribution in [3.05, 3.63) is 35.9 Å². The number of carboxylic acid groups (broad SMARTS) is 1. The zero-order valence-electron chi connectivity index (χ0n) is 11.3. The predicted molar refractivity (Wildman–Crippen MR) is 81.2 cm³/mol. The summed E-state index contributed by atoms with van der Waals surface area (Å²) in [6.07, 6.45) is 0.280. The Balaban J connectivity index is 2.64. The quantitative estimate of drug-likeness (QED) is 0.677. The Morgan fingerprint density at radius 2 is 2.00 bits per heavy atom. The molecule has 0 heterocycles. The number of nitrogens with one attached hydrogen (secondary N) is 1. The lowest BCUT2D eigenvalue weighted by Gasteiger charge is -2.14. The SMILES string of the molecule is CCSCC[C@@H](NS(=O)(=O)Cc1ccccc1)C(=O)O. The monoisotopic (exact) mass is 317 g/mol. The first-order valence-electron chi connectivity index (χ1n) is 6.29. The minimum absolute atomic E-state index is 0.210. The van der Waals surface area contributed by atoms with E-state index in [-0.39, 0.29) is 12.2 Å². The van der Waals surface area contributed by atoms with Gasteiger partial charge in [0.15, 0.2) is 0 Å². The summed E-state index contributed by atoms with van der Waals surface area (Å²) in [5.41, 5.74) is 0.632. The summed E-state index contributed by atoms with van der Waals surface area (Å²) in [4.78, 5) is 11.1. The molecule has 0 bridgehead atoms. The average Bonchev–Trinajstić information content (AvgIpc) is 2.38. The van der Waals surface area contributed by atoms with Crippen molar-refractivity contribution < 1.29 is 18.3 Å². The molecule has 1 atom stereocenters. The van der Waals surface area contributed by atoms with Crippen LogP contribution in [0.1, 0.15) is 18.9 Å². The zero-order chi connectivity index (χ0) is 15.0. The van der Waals surface area contributed by atoms with E-state index in [1.807, 2.05) is 6.92 Å². The van der Waals surface area contributed by atoms with Crippen LogP contribution in [0.2, 0.25) is 0 Å². The van der Waals surface area contributed by atoms with Gasteiger partial charge >= 0.3 is 5.97 Å². The molecular weight excluding hydrogens is 298 g/mol. The van der Waals surface area contributed by atoms with E-state index in [0.717, 1.165) is 5.75 Å². The minimum Gasteiger partial charge on any atom is -0.480 e. The summed E-state index contributed by atoms with van der Waals surface area (Å²) in [5, 5.41) is 9.07. The fourth-order valence-electron chi connectivity index (χ4n) is 1.63. The van der Waals surface area contributed by atoms with E-state index in [2.05, 4.69) is 4.72 Å². The van der Waals surface area contributed by atoms with Crippen LogP contribution in [-0.4, -0.2) is 37.0 Å². The number of benzene rings is 1. The van der Waals surface area contributed by atoms with Crippen molar-refractivity contribution in [2.75, 3.05) is 11.5 Å². The highest BCUT2D eigenvalue weighted by atomic mass is 32.2. The lowest BCUT2D eigenvalue weighted by Crippen LogP contribution is -2.41. The fraction of sp³-hybridized carbons (Fsp3) is 0.462. The molecule has 0 fully saturated rings. The molecule has 0 saturated carbocycles. The van der Waals surface area contributed by atoms with E-state index >= 15 is 0 Å². The number of rotatable bonds is 9. The third-order valence-electron chi connectivity index (χ3n) is 2.57. The summed E-state index contributed by atoms with van der Waals surface area (Å²) in [7, 11) is -3.66. The second-order valence-electron chi connectivity index (χ2n) is 4.24. The molecule has 0 amide bonds. The maximum Gasteiger partial charge on any atom is 0.321 e. The van der Waals surface area contributed by atoms with Gasteiger partial charge in [-0.15, -0.1) is 0 Å². The van der Waals surface area contributed by atoms with Gasteiger partial charge in [0, 0.05) is 0 Å². The Labute approximate surface area is 123 Å². The van der Waals surface area contributed by atoms with Gasteiger partial charge in [0.2, 0.25) is 10.0 Å². The summed E-state index contributed by atoms with van der Waals surface area (Å²) in [5.74, 6) is 0.140. The van der Waals surface area contributed by atoms with Gasteiger partial charge in [-0.25, -0.2) is 13.1 Å². The van der Waals surface area contributed by atoms with Crippen LogP contribution in [0.15, 0.2) is 30.3 Å². The number of hydrogen-bond acceptors (Lipinski definition) is 4. The van der Waals surface area contributed by atoms with Crippen molar-refractivity contribution in [2.45, 2.75) is 25.1 Å². The van der Waals surface area contributed by atoms with Crippen LogP contribution in [0, 0.1) is 0 Å². The van der Waals surface area contributed by atoms with E-state index < -0.39 is 22.0 Å². The van der Waals surface area contributed by atoms with Crippen LogP contribution in [0.4, 0.5) is 0 Å². The topological polar surface area (TPSA) is 83.5 Å². The Bertz CT molecular complexity index is 516. The molecule has 20 heavy (non-hydrogen) atoms. The standard InChI is InChI=1S/C13H19NO4S2/c1-2-19-9-8-12(13(15)16)14-20(17,18)10-11-6-4-3-5-7-11/h3-7,12,14H,2,8-10H2,1H3,(H,15,16)/t12-/m1/s1. The molecule has 1 aromatic rings. The normalized spacial score (nSPS) is 13.1. The molecule has 112 valence electrons. The molecule has 0 aliphatic rings. The molecule has 7 heteroatoms. The van der Waals surface area contributed by atoms with Gasteiger partial charge in [-0.3, -0.25) is 4.79 Å². The van der Waals surface area contributed by atoms with E-state index in [9.17, 15) is 13.2 Å². The van der Waals surface area contributed by atoms with E-state index in [1.165, 1.54) is 0 Å². The lowest BCUT2D eigenvalue weighted by molar-refractivity contribution is -0.139. The number of hydrogen-bond donors (Lipinski definition) is 2. The molecule has 0 unspecified atom stereocenters.